The van der Waals surface area contributed by atoms with Crippen LogP contribution >= 0.6 is 0 Å². The van der Waals surface area contributed by atoms with E-state index in [4.69, 9.17) is 0 Å². The molecule has 0 spiro atoms. The van der Waals surface area contributed by atoms with Gasteiger partial charge < -0.3 is 15.5 Å². The van der Waals surface area contributed by atoms with Crippen LogP contribution in [0, 0.1) is 0 Å². The summed E-state index contributed by atoms with van der Waals surface area (Å²) >= 11 is 0. The van der Waals surface area contributed by atoms with Crippen LogP contribution in [0.3, 0.4) is 0 Å². The van der Waals surface area contributed by atoms with Gasteiger partial charge in [0.25, 0.3) is 5.91 Å². The van der Waals surface area contributed by atoms with Crippen LogP contribution in [0.1, 0.15) is 36.0 Å². The Morgan fingerprint density at radius 2 is 1.50 bits per heavy atom. The van der Waals surface area contributed by atoms with Gasteiger partial charge in [0, 0.05) is 35.4 Å². The van der Waals surface area contributed by atoms with Crippen molar-refractivity contribution in [2.75, 3.05) is 30.3 Å². The van der Waals surface area contributed by atoms with Crippen molar-refractivity contribution in [1.29, 1.82) is 0 Å². The number of amides is 2. The molecule has 0 aliphatic carbocycles. The summed E-state index contributed by atoms with van der Waals surface area (Å²) in [6.45, 7) is 1.83. The fourth-order valence-corrected chi connectivity index (χ4v) is 3.91. The first-order valence-electron chi connectivity index (χ1n) is 10.6. The number of fused-ring (bicyclic) bond motifs is 1. The number of carbonyl (C=O) groups is 2. The Kier molecular flexibility index (Phi) is 6.28. The van der Waals surface area contributed by atoms with Gasteiger partial charge in [0.1, 0.15) is 0 Å². The first-order valence-corrected chi connectivity index (χ1v) is 10.6. The number of hydrogen-bond acceptors (Lipinski definition) is 3. The number of nitrogens with zero attached hydrogens (tertiary/aromatic N) is 1. The molecule has 3 aromatic carbocycles. The third-order valence-electron chi connectivity index (χ3n) is 5.54. The molecule has 0 bridgehead atoms. The van der Waals surface area contributed by atoms with Gasteiger partial charge in [-0.15, -0.1) is 0 Å². The highest BCUT2D eigenvalue weighted by Crippen LogP contribution is 2.22. The van der Waals surface area contributed by atoms with Crippen molar-refractivity contribution in [3.63, 3.8) is 0 Å². The van der Waals surface area contributed by atoms with E-state index >= 15 is 0 Å². The molecule has 30 heavy (non-hydrogen) atoms. The van der Waals surface area contributed by atoms with Gasteiger partial charge >= 0.3 is 0 Å². The lowest BCUT2D eigenvalue weighted by Crippen LogP contribution is -2.31. The van der Waals surface area contributed by atoms with Crippen molar-refractivity contribution >= 4 is 34.0 Å². The summed E-state index contributed by atoms with van der Waals surface area (Å²) in [7, 11) is 0. The van der Waals surface area contributed by atoms with Gasteiger partial charge in [-0.3, -0.25) is 9.59 Å². The van der Waals surface area contributed by atoms with Crippen LogP contribution in [0.4, 0.5) is 11.4 Å². The maximum Gasteiger partial charge on any atom is 0.253 e. The highest BCUT2D eigenvalue weighted by molar-refractivity contribution is 5.98. The van der Waals surface area contributed by atoms with Crippen molar-refractivity contribution in [2.45, 2.75) is 25.7 Å². The predicted molar refractivity (Wildman–Crippen MR) is 122 cm³/mol. The highest BCUT2D eigenvalue weighted by atomic mass is 16.2. The molecule has 1 aliphatic rings. The zero-order valence-electron chi connectivity index (χ0n) is 17.1. The molecule has 0 radical (unpaired) electrons. The Morgan fingerprint density at radius 1 is 0.800 bits per heavy atom. The van der Waals surface area contributed by atoms with Crippen molar-refractivity contribution in [3.05, 3.63) is 72.3 Å². The smallest absolute Gasteiger partial charge is 0.253 e. The van der Waals surface area contributed by atoms with E-state index in [-0.39, 0.29) is 18.4 Å². The first-order chi connectivity index (χ1) is 14.7. The molecule has 0 saturated carbocycles. The first kappa shape index (κ1) is 20.0. The molecule has 2 N–H and O–H groups in total. The Bertz CT molecular complexity index is 1020. The average molecular weight is 402 g/mol. The summed E-state index contributed by atoms with van der Waals surface area (Å²) in [5.41, 5.74) is 2.29. The number of likely N-dealkylation sites (tertiary alicyclic amines) is 1. The monoisotopic (exact) mass is 401 g/mol. The quantitative estimate of drug-likeness (QED) is 0.639. The maximum atomic E-state index is 12.7. The summed E-state index contributed by atoms with van der Waals surface area (Å²) in [6, 6.07) is 21.2. The molecule has 1 fully saturated rings. The minimum atomic E-state index is -0.130. The molecular weight excluding hydrogens is 374 g/mol. The van der Waals surface area contributed by atoms with Crippen molar-refractivity contribution in [3.8, 4) is 0 Å². The maximum absolute atomic E-state index is 12.7. The number of rotatable bonds is 5. The van der Waals surface area contributed by atoms with Gasteiger partial charge in [-0.25, -0.2) is 0 Å². The molecule has 0 aromatic heterocycles. The highest BCUT2D eigenvalue weighted by Gasteiger charge is 2.17. The fraction of sp³-hybridized carbons (Fsp3) is 0.280. The lowest BCUT2D eigenvalue weighted by molar-refractivity contribution is -0.114. The van der Waals surface area contributed by atoms with Gasteiger partial charge in [-0.2, -0.15) is 0 Å². The second-order valence-corrected chi connectivity index (χ2v) is 7.71. The second kappa shape index (κ2) is 9.44. The topological polar surface area (TPSA) is 61.4 Å². The molecule has 4 rings (SSSR count). The van der Waals surface area contributed by atoms with Crippen LogP contribution in [0.5, 0.6) is 0 Å². The van der Waals surface area contributed by atoms with Gasteiger partial charge in [0.05, 0.1) is 6.54 Å². The third kappa shape index (κ3) is 4.79. The molecule has 1 heterocycles. The summed E-state index contributed by atoms with van der Waals surface area (Å²) in [6.07, 6.45) is 4.54. The van der Waals surface area contributed by atoms with Gasteiger partial charge in [0.2, 0.25) is 5.91 Å². The number of anilines is 2. The van der Waals surface area contributed by atoms with Crippen molar-refractivity contribution < 1.29 is 9.59 Å². The summed E-state index contributed by atoms with van der Waals surface area (Å²) in [5.74, 6) is -0.0538. The van der Waals surface area contributed by atoms with Gasteiger partial charge in [-0.05, 0) is 48.6 Å². The molecule has 5 nitrogen and oxygen atoms in total. The second-order valence-electron chi connectivity index (χ2n) is 7.71. The Labute approximate surface area is 177 Å². The molecule has 0 unspecified atom stereocenters. The molecule has 1 aliphatic heterocycles. The Morgan fingerprint density at radius 3 is 2.27 bits per heavy atom. The molecular formula is C25H27N3O2. The van der Waals surface area contributed by atoms with E-state index in [9.17, 15) is 9.59 Å². The van der Waals surface area contributed by atoms with Gasteiger partial charge in [-0.1, -0.05) is 49.2 Å². The normalized spacial score (nSPS) is 14.2. The van der Waals surface area contributed by atoms with E-state index in [0.29, 0.717) is 11.3 Å². The molecule has 3 aromatic rings. The Hall–Kier alpha value is -3.34. The predicted octanol–water partition coefficient (Wildman–Crippen LogP) is 4.91. The number of benzene rings is 3. The SMILES string of the molecule is O=C(CNc1cccc2ccccc12)Nc1ccc(C(=O)N2CCCCCC2)cc1. The summed E-state index contributed by atoms with van der Waals surface area (Å²) in [4.78, 5) is 27.0. The van der Waals surface area contributed by atoms with Crippen LogP contribution in [0.2, 0.25) is 0 Å². The number of nitrogens with one attached hydrogen (secondary N) is 2. The van der Waals surface area contributed by atoms with Crippen LogP contribution in [-0.4, -0.2) is 36.3 Å². The number of carbonyl (C=O) groups excluding carboxylic acids is 2. The van der Waals surface area contributed by atoms with E-state index in [1.807, 2.05) is 35.2 Å². The van der Waals surface area contributed by atoms with Crippen molar-refractivity contribution in [1.82, 2.24) is 4.90 Å². The minimum Gasteiger partial charge on any atom is -0.376 e. The van der Waals surface area contributed by atoms with Crippen molar-refractivity contribution in [2.24, 2.45) is 0 Å². The van der Waals surface area contributed by atoms with E-state index in [1.165, 1.54) is 12.8 Å². The molecule has 0 atom stereocenters. The summed E-state index contributed by atoms with van der Waals surface area (Å²) in [5, 5.41) is 8.32. The minimum absolute atomic E-state index is 0.0763. The van der Waals surface area contributed by atoms with E-state index in [2.05, 4.69) is 22.8 Å². The molecule has 154 valence electrons. The third-order valence-corrected chi connectivity index (χ3v) is 5.54. The molecule has 2 amide bonds. The fourth-order valence-electron chi connectivity index (χ4n) is 3.91. The van der Waals surface area contributed by atoms with E-state index in [1.54, 1.807) is 24.3 Å². The summed E-state index contributed by atoms with van der Waals surface area (Å²) < 4.78 is 0. The van der Waals surface area contributed by atoms with Crippen LogP contribution in [0.15, 0.2) is 66.7 Å². The Balaban J connectivity index is 1.34. The number of hydrogen-bond donors (Lipinski definition) is 2. The van der Waals surface area contributed by atoms with E-state index in [0.717, 1.165) is 42.4 Å². The molecule has 5 heteroatoms. The standard InChI is InChI=1S/C25H27N3O2/c29-24(18-26-23-11-7-9-19-8-3-4-10-22(19)23)27-21-14-12-20(13-15-21)25(30)28-16-5-1-2-6-17-28/h3-4,7-15,26H,1-2,5-6,16-18H2,(H,27,29). The lowest BCUT2D eigenvalue weighted by atomic mass is 10.1. The zero-order valence-corrected chi connectivity index (χ0v) is 17.1. The largest absolute Gasteiger partial charge is 0.376 e. The van der Waals surface area contributed by atoms with Crippen LogP contribution < -0.4 is 10.6 Å². The zero-order chi connectivity index (χ0) is 20.8. The van der Waals surface area contributed by atoms with Gasteiger partial charge in [0.15, 0.2) is 0 Å². The van der Waals surface area contributed by atoms with E-state index < -0.39 is 0 Å². The lowest BCUT2D eigenvalue weighted by Gasteiger charge is -2.20. The average Bonchev–Trinajstić information content (AvgIpc) is 3.07. The van der Waals surface area contributed by atoms with Crippen LogP contribution in [0.25, 0.3) is 10.8 Å². The molecule has 1 saturated heterocycles. The van der Waals surface area contributed by atoms with Crippen LogP contribution in [-0.2, 0) is 4.79 Å².